The molecule has 0 rings (SSSR count). The summed E-state index contributed by atoms with van der Waals surface area (Å²) in [5.41, 5.74) is 4.47. The van der Waals surface area contributed by atoms with Crippen molar-refractivity contribution in [2.75, 3.05) is 25.6 Å². The van der Waals surface area contributed by atoms with E-state index < -0.39 is 0 Å². The quantitative estimate of drug-likeness (QED) is 0.0248. The lowest BCUT2D eigenvalue weighted by Crippen LogP contribution is -2.34. The fourth-order valence-corrected chi connectivity index (χ4v) is 7.17. The van der Waals surface area contributed by atoms with E-state index in [0.29, 0.717) is 0 Å². The van der Waals surface area contributed by atoms with Crippen LogP contribution in [-0.4, -0.2) is 61.1 Å². The molecule has 0 aromatic rings. The van der Waals surface area contributed by atoms with Gasteiger partial charge in [0.1, 0.15) is 6.29 Å². The first-order chi connectivity index (χ1) is 28.7. The monoisotopic (exact) mass is 865 g/mol. The molecule has 0 aliphatic carbocycles. The summed E-state index contributed by atoms with van der Waals surface area (Å²) in [6.45, 7) is 16.3. The molecule has 1 unspecified atom stereocenters. The van der Waals surface area contributed by atoms with Crippen molar-refractivity contribution < 1.29 is 19.2 Å². The number of aldehydes is 1. The molecule has 0 aromatic carbocycles. The molecule has 0 heterocycles. The van der Waals surface area contributed by atoms with Gasteiger partial charge in [-0.25, -0.2) is 0 Å². The molecular weight excluding hydrogens is 773 g/mol. The zero-order valence-corrected chi connectivity index (χ0v) is 40.7. The van der Waals surface area contributed by atoms with Crippen LogP contribution in [0.25, 0.3) is 0 Å². The van der Waals surface area contributed by atoms with Gasteiger partial charge in [0.05, 0.1) is 0 Å². The molecule has 3 amide bonds. The second-order valence-electron chi connectivity index (χ2n) is 13.8. The van der Waals surface area contributed by atoms with E-state index in [9.17, 15) is 19.2 Å². The molecule has 0 aliphatic rings. The topological polar surface area (TPSA) is 122 Å². The molecule has 0 bridgehead atoms. The Labute approximate surface area is 373 Å². The Bertz CT molecular complexity index is 1010. The van der Waals surface area contributed by atoms with Crippen molar-refractivity contribution in [1.29, 1.82) is 0 Å². The number of allylic oxidation sites excluding steroid dienone is 7. The molecule has 0 saturated carbocycles. The number of amides is 3. The first-order valence-corrected chi connectivity index (χ1v) is 25.0. The first-order valence-electron chi connectivity index (χ1n) is 22.6. The number of nitrogens with one attached hydrogen (secondary N) is 2. The Morgan fingerprint density at radius 1 is 0.678 bits per heavy atom. The minimum atomic E-state index is -0.333. The van der Waals surface area contributed by atoms with Crippen molar-refractivity contribution in [1.82, 2.24) is 15.5 Å². The van der Waals surface area contributed by atoms with Crippen molar-refractivity contribution in [3.8, 4) is 0 Å². The second kappa shape index (κ2) is 64.2. The van der Waals surface area contributed by atoms with Crippen LogP contribution in [0, 0.1) is 0 Å². The zero-order chi connectivity index (χ0) is 45.3. The van der Waals surface area contributed by atoms with E-state index in [4.69, 9.17) is 0 Å². The highest BCUT2D eigenvalue weighted by atomic mass is 33.1. The molecule has 8 nitrogen and oxygen atoms in total. The van der Waals surface area contributed by atoms with Crippen LogP contribution >= 0.6 is 21.6 Å². The van der Waals surface area contributed by atoms with Crippen LogP contribution in [0.2, 0.25) is 0 Å². The predicted octanol–water partition coefficient (Wildman–Crippen LogP) is 13.4. The highest BCUT2D eigenvalue weighted by Crippen LogP contribution is 2.24. The summed E-state index contributed by atoms with van der Waals surface area (Å²) in [7, 11) is 7.39. The van der Waals surface area contributed by atoms with Gasteiger partial charge in [0.2, 0.25) is 18.2 Å². The average Bonchev–Trinajstić information content (AvgIpc) is 3.22. The minimum absolute atomic E-state index is 0.0680. The molecule has 0 spiro atoms. The fraction of sp³-hybridized carbons (Fsp3) is 0.673. The second-order valence-corrected chi connectivity index (χ2v) is 16.4. The smallest absolute Gasteiger partial charge is 0.217 e. The number of nitrogens with two attached hydrogens (primary N) is 1. The summed E-state index contributed by atoms with van der Waals surface area (Å²) in [5.74, 6) is 1.83. The Hall–Kier alpha value is -2.98. The van der Waals surface area contributed by atoms with Crippen molar-refractivity contribution in [2.45, 2.75) is 188 Å². The maximum absolute atomic E-state index is 11.6. The van der Waals surface area contributed by atoms with Crippen LogP contribution in [0.1, 0.15) is 182 Å². The maximum Gasteiger partial charge on any atom is 0.217 e. The van der Waals surface area contributed by atoms with E-state index >= 15 is 0 Å². The number of hydrogen-bond donors (Lipinski definition) is 3. The first kappa shape index (κ1) is 65.1. The van der Waals surface area contributed by atoms with Gasteiger partial charge in [0, 0.05) is 58.1 Å². The van der Waals surface area contributed by atoms with E-state index in [1.165, 1.54) is 108 Å². The molecule has 59 heavy (non-hydrogen) atoms. The normalized spacial score (nSPS) is 10.9. The van der Waals surface area contributed by atoms with Crippen molar-refractivity contribution >= 4 is 46.1 Å². The van der Waals surface area contributed by atoms with Crippen LogP contribution in [0.15, 0.2) is 74.2 Å². The number of hydrogen-bond acceptors (Lipinski definition) is 7. The maximum atomic E-state index is 11.6. The third-order valence-electron chi connectivity index (χ3n) is 7.93. The Kier molecular flexibility index (Phi) is 70.9. The molecule has 10 heteroatoms. The molecule has 0 aromatic heterocycles. The standard InChI is InChI=1S/C31H57NO2S2.C7H11NO.C7H13N.C2H5NO.C2H6/c1-3-4-5-6-7-8-13-16-19-22-25-28-35-36-29-31(32-30(2)34)26-23-20-17-14-11-9-10-12-15-18-21-24-27-33;1-3-4-5-6-8(2)7-9;1-3-4-5-6-7-8-2;1-2(3)4;1-2/h19-20,22-23,27,31H,3-18,21,24-26,28-29H2,1-2H3,(H,32,34);3,5-7H,1,4H2,2H3;3,6-8H,1,4-5H2,2H3;1H3,(H2,3,4);1-2H3/b22-19+,23-20+;6-5+;7-6+;;. The molecule has 1 atom stereocenters. The van der Waals surface area contributed by atoms with Crippen molar-refractivity contribution in [3.63, 3.8) is 0 Å². The zero-order valence-electron chi connectivity index (χ0n) is 39.1. The summed E-state index contributed by atoms with van der Waals surface area (Å²) in [6.07, 6.45) is 50.1. The van der Waals surface area contributed by atoms with E-state index in [1.54, 1.807) is 26.2 Å². The average molecular weight is 865 g/mol. The SMILES string of the molecule is C=CC/C=C/N(C)C=O.C=CCC/C=C/NC.CC.CC(N)=O.CCCCCCCCC/C=C/CCSSCC(C/C=C/CCCCCCCCCCC=O)NC(C)=O. The van der Waals surface area contributed by atoms with Crippen molar-refractivity contribution in [2.24, 2.45) is 5.73 Å². The third kappa shape index (κ3) is 79.8. The van der Waals surface area contributed by atoms with Gasteiger partial charge in [0.25, 0.3) is 0 Å². The van der Waals surface area contributed by atoms with E-state index in [0.717, 1.165) is 75.6 Å². The van der Waals surface area contributed by atoms with Gasteiger partial charge >= 0.3 is 0 Å². The summed E-state index contributed by atoms with van der Waals surface area (Å²) in [4.78, 5) is 42.5. The Morgan fingerprint density at radius 2 is 1.19 bits per heavy atom. The predicted molar refractivity (Wildman–Crippen MR) is 267 cm³/mol. The largest absolute Gasteiger partial charge is 0.394 e. The fourth-order valence-electron chi connectivity index (χ4n) is 4.92. The van der Waals surface area contributed by atoms with Crippen LogP contribution in [0.5, 0.6) is 0 Å². The summed E-state index contributed by atoms with van der Waals surface area (Å²) in [5, 5.41) is 6.02. The van der Waals surface area contributed by atoms with Gasteiger partial charge in [-0.15, -0.1) is 13.2 Å². The van der Waals surface area contributed by atoms with Gasteiger partial charge in [-0.3, -0.25) is 14.4 Å². The summed E-state index contributed by atoms with van der Waals surface area (Å²) >= 11 is 0. The van der Waals surface area contributed by atoms with Gasteiger partial charge in [-0.05, 0) is 70.4 Å². The van der Waals surface area contributed by atoms with Crippen LogP contribution in [0.3, 0.4) is 0 Å². The molecule has 0 aliphatic heterocycles. The number of carbonyl (C=O) groups excluding carboxylic acids is 4. The number of rotatable bonds is 36. The molecule has 0 saturated heterocycles. The third-order valence-corrected chi connectivity index (χ3v) is 10.4. The van der Waals surface area contributed by atoms with Gasteiger partial charge in [0.15, 0.2) is 0 Å². The highest BCUT2D eigenvalue weighted by molar-refractivity contribution is 8.76. The Balaban J connectivity index is -0.000000340. The molecular formula is C49H92N4O4S2. The number of nitrogens with zero attached hydrogens (tertiary/aromatic N) is 1. The number of carbonyl (C=O) groups is 4. The molecule has 0 fully saturated rings. The number of primary amides is 1. The van der Waals surface area contributed by atoms with E-state index in [1.807, 2.05) is 60.8 Å². The summed E-state index contributed by atoms with van der Waals surface area (Å²) in [6, 6.07) is 0.225. The van der Waals surface area contributed by atoms with Gasteiger partial charge in [-0.1, -0.05) is 168 Å². The molecule has 0 radical (unpaired) electrons. The van der Waals surface area contributed by atoms with E-state index in [-0.39, 0.29) is 17.9 Å². The lowest BCUT2D eigenvalue weighted by molar-refractivity contribution is -0.119. The summed E-state index contributed by atoms with van der Waals surface area (Å²) < 4.78 is 0. The van der Waals surface area contributed by atoms with E-state index in [2.05, 4.69) is 66.8 Å². The van der Waals surface area contributed by atoms with Crippen molar-refractivity contribution in [3.05, 3.63) is 74.2 Å². The Morgan fingerprint density at radius 3 is 1.66 bits per heavy atom. The minimum Gasteiger partial charge on any atom is -0.394 e. The lowest BCUT2D eigenvalue weighted by atomic mass is 10.1. The molecule has 4 N–H and O–H groups in total. The molecule has 344 valence electrons. The highest BCUT2D eigenvalue weighted by Gasteiger charge is 2.08. The lowest BCUT2D eigenvalue weighted by Gasteiger charge is -2.15. The van der Waals surface area contributed by atoms with Crippen LogP contribution in [-0.2, 0) is 19.2 Å². The van der Waals surface area contributed by atoms with Crippen LogP contribution < -0.4 is 16.4 Å². The number of unbranched alkanes of at least 4 members (excludes halogenated alkanes) is 17. The van der Waals surface area contributed by atoms with Gasteiger partial charge < -0.3 is 26.1 Å². The van der Waals surface area contributed by atoms with Gasteiger partial charge in [-0.2, -0.15) is 0 Å². The van der Waals surface area contributed by atoms with Crippen LogP contribution in [0.4, 0.5) is 0 Å².